The third-order valence-electron chi connectivity index (χ3n) is 8.21. The van der Waals surface area contributed by atoms with E-state index in [2.05, 4.69) is 10.3 Å². The largest absolute Gasteiger partial charge is 0.415 e. The number of hydrogen-bond donors (Lipinski definition) is 2. The second-order valence-corrected chi connectivity index (χ2v) is 17.6. The smallest absolute Gasteiger partial charge is 0.404 e. The van der Waals surface area contributed by atoms with Crippen LogP contribution in [0.5, 0.6) is 0 Å². The van der Waals surface area contributed by atoms with Crippen LogP contribution in [0.4, 0.5) is 13.2 Å². The van der Waals surface area contributed by atoms with Gasteiger partial charge in [0.05, 0.1) is 30.3 Å². The number of amides is 1. The molecule has 14 heteroatoms. The average Bonchev–Trinajstić information content (AvgIpc) is 2.93. The summed E-state index contributed by atoms with van der Waals surface area (Å²) < 4.78 is 56.5. The summed E-state index contributed by atoms with van der Waals surface area (Å²) in [5, 5.41) is 1.89. The van der Waals surface area contributed by atoms with E-state index in [9.17, 15) is 32.3 Å². The highest BCUT2D eigenvalue weighted by atomic mass is 28.4. The van der Waals surface area contributed by atoms with Crippen LogP contribution >= 0.6 is 0 Å². The first-order chi connectivity index (χ1) is 20.8. The molecule has 0 saturated heterocycles. The van der Waals surface area contributed by atoms with E-state index in [4.69, 9.17) is 9.16 Å². The fourth-order valence-electron chi connectivity index (χ4n) is 4.66. The van der Waals surface area contributed by atoms with E-state index in [1.165, 1.54) is 6.07 Å². The van der Waals surface area contributed by atoms with Crippen molar-refractivity contribution >= 4 is 25.1 Å². The monoisotopic (exact) mass is 652 g/mol. The highest BCUT2D eigenvalue weighted by molar-refractivity contribution is 6.74. The molecule has 3 rings (SSSR count). The number of aromatic nitrogens is 3. The minimum atomic E-state index is -4.78. The van der Waals surface area contributed by atoms with Gasteiger partial charge in [0.2, 0.25) is 5.91 Å². The SMILES string of the molecule is CCOCCn1c(=O)[nH]c2c(=O)n(CC(=O)NC(C(C)C)C(O[Si](C)(C)C(C)(C)C)C(F)(F)F)c(-c3ccccc3)cc2c1=O. The average molecular weight is 653 g/mol. The molecule has 2 aromatic heterocycles. The second kappa shape index (κ2) is 13.9. The Hall–Kier alpha value is -3.49. The van der Waals surface area contributed by atoms with E-state index in [0.717, 1.165) is 9.13 Å². The van der Waals surface area contributed by atoms with Crippen LogP contribution in [0, 0.1) is 5.92 Å². The van der Waals surface area contributed by atoms with E-state index < -0.39 is 66.9 Å². The molecular weight excluding hydrogens is 609 g/mol. The third kappa shape index (κ3) is 8.21. The van der Waals surface area contributed by atoms with Gasteiger partial charge in [0.15, 0.2) is 14.4 Å². The molecule has 0 saturated carbocycles. The summed E-state index contributed by atoms with van der Waals surface area (Å²) in [5.74, 6) is -1.55. The molecule has 45 heavy (non-hydrogen) atoms. The van der Waals surface area contributed by atoms with Gasteiger partial charge in [-0.1, -0.05) is 65.0 Å². The molecule has 0 radical (unpaired) electrons. The molecule has 2 N–H and O–H groups in total. The van der Waals surface area contributed by atoms with Crippen LogP contribution in [0.1, 0.15) is 41.5 Å². The Bertz CT molecular complexity index is 1670. The fraction of sp³-hybridized carbons (Fsp3) is 0.548. The molecule has 0 spiro atoms. The maximum Gasteiger partial charge on any atom is 0.415 e. The zero-order valence-electron chi connectivity index (χ0n) is 27.0. The Labute approximate surface area is 260 Å². The molecule has 0 aliphatic heterocycles. The first kappa shape index (κ1) is 36.0. The van der Waals surface area contributed by atoms with Crippen molar-refractivity contribution in [3.63, 3.8) is 0 Å². The van der Waals surface area contributed by atoms with Crippen molar-refractivity contribution in [3.05, 3.63) is 67.6 Å². The van der Waals surface area contributed by atoms with Crippen LogP contribution in [-0.2, 0) is 27.0 Å². The number of benzene rings is 1. The molecule has 2 heterocycles. The number of aromatic amines is 1. The number of fused-ring (bicyclic) bond motifs is 1. The molecule has 0 aliphatic rings. The number of carbonyl (C=O) groups excluding carboxylic acids is 1. The van der Waals surface area contributed by atoms with Gasteiger partial charge in [0.25, 0.3) is 11.1 Å². The number of H-pyrrole nitrogens is 1. The summed E-state index contributed by atoms with van der Waals surface area (Å²) in [5.41, 5.74) is -2.06. The van der Waals surface area contributed by atoms with Crippen molar-refractivity contribution in [2.45, 2.75) is 91.1 Å². The highest BCUT2D eigenvalue weighted by Crippen LogP contribution is 2.41. The summed E-state index contributed by atoms with van der Waals surface area (Å²) in [4.78, 5) is 55.8. The van der Waals surface area contributed by atoms with Crippen LogP contribution < -0.4 is 22.1 Å². The van der Waals surface area contributed by atoms with Crippen LogP contribution in [0.3, 0.4) is 0 Å². The van der Waals surface area contributed by atoms with Gasteiger partial charge in [0, 0.05) is 6.61 Å². The molecule has 248 valence electrons. The predicted molar refractivity (Wildman–Crippen MR) is 170 cm³/mol. The van der Waals surface area contributed by atoms with E-state index >= 15 is 0 Å². The topological polar surface area (TPSA) is 124 Å². The standard InChI is InChI=1S/C31H43F3N4O6Si/c1-9-43-16-15-37-27(40)21-17-22(20-13-11-10-12-14-20)38(28(41)25(21)36-29(37)42)18-23(39)35-24(19(2)3)26(31(32,33)34)44-45(7,8)30(4,5)6/h10-14,17,19,24,26H,9,15-16,18H2,1-8H3,(H,35,39)(H,36,42). The van der Waals surface area contributed by atoms with Gasteiger partial charge in [0.1, 0.15) is 12.1 Å². The first-order valence-corrected chi connectivity index (χ1v) is 17.8. The summed E-state index contributed by atoms with van der Waals surface area (Å²) in [7, 11) is -2.93. The minimum absolute atomic E-state index is 0.0436. The van der Waals surface area contributed by atoms with Crippen LogP contribution in [-0.4, -0.2) is 59.9 Å². The van der Waals surface area contributed by atoms with E-state index in [-0.39, 0.29) is 29.7 Å². The molecule has 0 bridgehead atoms. The zero-order valence-corrected chi connectivity index (χ0v) is 28.0. The Morgan fingerprint density at radius 3 is 2.18 bits per heavy atom. The molecular formula is C31H43F3N4O6Si. The number of rotatable bonds is 12. The predicted octanol–water partition coefficient (Wildman–Crippen LogP) is 4.65. The third-order valence-corrected chi connectivity index (χ3v) is 12.7. The zero-order chi connectivity index (χ0) is 33.9. The van der Waals surface area contributed by atoms with E-state index in [0.29, 0.717) is 12.2 Å². The summed E-state index contributed by atoms with van der Waals surface area (Å²) in [6.45, 7) is 13.5. The Morgan fingerprint density at radius 1 is 1.02 bits per heavy atom. The van der Waals surface area contributed by atoms with Gasteiger partial charge in [-0.3, -0.25) is 23.5 Å². The number of carbonyl (C=O) groups is 1. The molecule has 10 nitrogen and oxygen atoms in total. The van der Waals surface area contributed by atoms with Gasteiger partial charge in [-0.15, -0.1) is 0 Å². The van der Waals surface area contributed by atoms with Crippen molar-refractivity contribution in [3.8, 4) is 11.3 Å². The molecule has 2 unspecified atom stereocenters. The lowest BCUT2D eigenvalue weighted by Gasteiger charge is -2.42. The van der Waals surface area contributed by atoms with Gasteiger partial charge >= 0.3 is 11.9 Å². The first-order valence-electron chi connectivity index (χ1n) is 14.9. The van der Waals surface area contributed by atoms with Crippen molar-refractivity contribution in [2.75, 3.05) is 13.2 Å². The van der Waals surface area contributed by atoms with Crippen LogP contribution in [0.15, 0.2) is 50.8 Å². The van der Waals surface area contributed by atoms with Crippen molar-refractivity contribution in [1.29, 1.82) is 0 Å². The number of hydrogen-bond acceptors (Lipinski definition) is 6. The van der Waals surface area contributed by atoms with Crippen LogP contribution in [0.2, 0.25) is 18.1 Å². The number of ether oxygens (including phenoxy) is 1. The van der Waals surface area contributed by atoms with Crippen molar-refractivity contribution in [2.24, 2.45) is 5.92 Å². The lowest BCUT2D eigenvalue weighted by atomic mass is 9.98. The number of nitrogens with zero attached hydrogens (tertiary/aromatic N) is 2. The quantitative estimate of drug-likeness (QED) is 0.217. The van der Waals surface area contributed by atoms with Crippen LogP contribution in [0.25, 0.3) is 22.2 Å². The number of nitrogens with one attached hydrogen (secondary N) is 2. The number of halogens is 3. The number of alkyl halides is 3. The van der Waals surface area contributed by atoms with Gasteiger partial charge in [-0.25, -0.2) is 4.79 Å². The summed E-state index contributed by atoms with van der Waals surface area (Å²) >= 11 is 0. The summed E-state index contributed by atoms with van der Waals surface area (Å²) in [6.07, 6.45) is -7.07. The summed E-state index contributed by atoms with van der Waals surface area (Å²) in [6, 6.07) is 8.40. The Kier molecular flexibility index (Phi) is 11.1. The lowest BCUT2D eigenvalue weighted by Crippen LogP contribution is -2.59. The van der Waals surface area contributed by atoms with Crippen molar-refractivity contribution in [1.82, 2.24) is 19.4 Å². The maximum absolute atomic E-state index is 14.5. The highest BCUT2D eigenvalue weighted by Gasteiger charge is 2.52. The van der Waals surface area contributed by atoms with Gasteiger partial charge < -0.3 is 19.5 Å². The molecule has 0 fully saturated rings. The van der Waals surface area contributed by atoms with Gasteiger partial charge in [-0.2, -0.15) is 13.2 Å². The molecule has 2 atom stereocenters. The Morgan fingerprint density at radius 2 is 1.64 bits per heavy atom. The van der Waals surface area contributed by atoms with Crippen molar-refractivity contribution < 1.29 is 27.1 Å². The molecule has 1 aromatic carbocycles. The maximum atomic E-state index is 14.5. The number of pyridine rings is 1. The fourth-order valence-corrected chi connectivity index (χ4v) is 5.93. The Balaban J connectivity index is 2.12. The van der Waals surface area contributed by atoms with Gasteiger partial charge in [-0.05, 0) is 42.6 Å². The molecule has 3 aromatic rings. The van der Waals surface area contributed by atoms with E-state index in [1.54, 1.807) is 64.2 Å². The lowest BCUT2D eigenvalue weighted by molar-refractivity contribution is -0.210. The minimum Gasteiger partial charge on any atom is -0.404 e. The molecule has 1 amide bonds. The normalized spacial score (nSPS) is 14.1. The second-order valence-electron chi connectivity index (χ2n) is 12.8. The molecule has 0 aliphatic carbocycles. The van der Waals surface area contributed by atoms with E-state index in [1.807, 2.05) is 20.8 Å².